The van der Waals surface area contributed by atoms with Gasteiger partial charge in [-0.1, -0.05) is 29.3 Å². The number of carbonyl (C=O) groups excluding carboxylic acids is 1. The standard InChI is InChI=1S/C20H25ClN2O2/c1-13-8-14(2)20(15(3)9-13)22-19(24)12-23(4)11-16-10-17(21)6-7-18(16)25-5/h6-10H,11-12H2,1-5H3,(H,22,24)/p+1. The lowest BCUT2D eigenvalue weighted by molar-refractivity contribution is -0.885. The zero-order chi connectivity index (χ0) is 18.6. The number of aryl methyl sites for hydroxylation is 3. The molecule has 0 saturated carbocycles. The number of hydrogen-bond acceptors (Lipinski definition) is 2. The Bertz CT molecular complexity index is 751. The van der Waals surface area contributed by atoms with Gasteiger partial charge in [0, 0.05) is 16.3 Å². The summed E-state index contributed by atoms with van der Waals surface area (Å²) in [5.74, 6) is 0.780. The van der Waals surface area contributed by atoms with Crippen molar-refractivity contribution < 1.29 is 14.4 Å². The average molecular weight is 362 g/mol. The molecular weight excluding hydrogens is 336 g/mol. The molecule has 0 radical (unpaired) electrons. The zero-order valence-electron chi connectivity index (χ0n) is 15.5. The van der Waals surface area contributed by atoms with Crippen molar-refractivity contribution in [3.63, 3.8) is 0 Å². The molecule has 0 fully saturated rings. The number of carbonyl (C=O) groups is 1. The van der Waals surface area contributed by atoms with E-state index in [2.05, 4.69) is 24.4 Å². The second kappa shape index (κ2) is 8.37. The van der Waals surface area contributed by atoms with Crippen LogP contribution in [0, 0.1) is 20.8 Å². The van der Waals surface area contributed by atoms with E-state index in [-0.39, 0.29) is 5.91 Å². The van der Waals surface area contributed by atoms with Gasteiger partial charge in [0.2, 0.25) is 0 Å². The highest BCUT2D eigenvalue weighted by Crippen LogP contribution is 2.22. The van der Waals surface area contributed by atoms with Crippen LogP contribution in [0.25, 0.3) is 0 Å². The van der Waals surface area contributed by atoms with Gasteiger partial charge < -0.3 is 15.0 Å². The third kappa shape index (κ3) is 5.21. The van der Waals surface area contributed by atoms with Crippen LogP contribution < -0.4 is 15.0 Å². The number of methoxy groups -OCH3 is 1. The number of rotatable bonds is 6. The van der Waals surface area contributed by atoms with Gasteiger partial charge in [0.1, 0.15) is 12.3 Å². The highest BCUT2D eigenvalue weighted by atomic mass is 35.5. The third-order valence-electron chi connectivity index (χ3n) is 4.14. The molecule has 2 rings (SSSR count). The quantitative estimate of drug-likeness (QED) is 0.830. The van der Waals surface area contributed by atoms with Crippen LogP contribution in [0.2, 0.25) is 5.02 Å². The highest BCUT2D eigenvalue weighted by Gasteiger charge is 2.15. The Morgan fingerprint density at radius 2 is 1.80 bits per heavy atom. The summed E-state index contributed by atoms with van der Waals surface area (Å²) in [6.07, 6.45) is 0. The minimum absolute atomic E-state index is 0.00597. The Kier molecular flexibility index (Phi) is 6.45. The van der Waals surface area contributed by atoms with Crippen molar-refractivity contribution in [2.75, 3.05) is 26.0 Å². The van der Waals surface area contributed by atoms with Gasteiger partial charge in [0.25, 0.3) is 5.91 Å². The lowest BCUT2D eigenvalue weighted by atomic mass is 10.1. The second-order valence-corrected chi connectivity index (χ2v) is 7.03. The molecule has 0 aliphatic heterocycles. The molecule has 2 aromatic carbocycles. The first kappa shape index (κ1) is 19.3. The Morgan fingerprint density at radius 3 is 2.40 bits per heavy atom. The van der Waals surface area contributed by atoms with Gasteiger partial charge in [-0.25, -0.2) is 0 Å². The number of ether oxygens (including phenoxy) is 1. The van der Waals surface area contributed by atoms with Crippen LogP contribution in [0.5, 0.6) is 5.75 Å². The van der Waals surface area contributed by atoms with Gasteiger partial charge >= 0.3 is 0 Å². The summed E-state index contributed by atoms with van der Waals surface area (Å²) < 4.78 is 5.37. The van der Waals surface area contributed by atoms with Crippen LogP contribution in [0.4, 0.5) is 5.69 Å². The Hall–Kier alpha value is -2.04. The molecule has 2 aromatic rings. The van der Waals surface area contributed by atoms with Crippen LogP contribution in [-0.4, -0.2) is 26.6 Å². The molecule has 1 atom stereocenters. The summed E-state index contributed by atoms with van der Waals surface area (Å²) >= 11 is 6.07. The van der Waals surface area contributed by atoms with Crippen molar-refractivity contribution in [2.24, 2.45) is 0 Å². The number of amides is 1. The fourth-order valence-corrected chi connectivity index (χ4v) is 3.30. The molecule has 5 heteroatoms. The maximum absolute atomic E-state index is 12.4. The van der Waals surface area contributed by atoms with E-state index in [1.165, 1.54) is 5.56 Å². The number of likely N-dealkylation sites (N-methyl/N-ethyl adjacent to an activating group) is 1. The lowest BCUT2D eigenvalue weighted by Crippen LogP contribution is -3.08. The molecule has 0 heterocycles. The molecule has 1 unspecified atom stereocenters. The van der Waals surface area contributed by atoms with Crippen molar-refractivity contribution in [1.29, 1.82) is 0 Å². The predicted molar refractivity (Wildman–Crippen MR) is 103 cm³/mol. The van der Waals surface area contributed by atoms with Crippen LogP contribution in [-0.2, 0) is 11.3 Å². The number of benzene rings is 2. The van der Waals surface area contributed by atoms with Crippen LogP contribution in [0.3, 0.4) is 0 Å². The lowest BCUT2D eigenvalue weighted by Gasteiger charge is -2.17. The van der Waals surface area contributed by atoms with E-state index in [9.17, 15) is 4.79 Å². The van der Waals surface area contributed by atoms with E-state index in [0.717, 1.165) is 33.0 Å². The normalized spacial score (nSPS) is 11.9. The molecule has 25 heavy (non-hydrogen) atoms. The monoisotopic (exact) mass is 361 g/mol. The summed E-state index contributed by atoms with van der Waals surface area (Å²) in [6.45, 7) is 7.11. The average Bonchev–Trinajstić information content (AvgIpc) is 2.51. The fourth-order valence-electron chi connectivity index (χ4n) is 3.11. The van der Waals surface area contributed by atoms with Crippen LogP contribution in [0.1, 0.15) is 22.3 Å². The molecule has 2 N–H and O–H groups in total. The van der Waals surface area contributed by atoms with E-state index < -0.39 is 0 Å². The summed E-state index contributed by atoms with van der Waals surface area (Å²) in [4.78, 5) is 13.5. The van der Waals surface area contributed by atoms with E-state index in [1.54, 1.807) is 13.2 Å². The first-order chi connectivity index (χ1) is 11.8. The topological polar surface area (TPSA) is 42.8 Å². The molecule has 0 saturated heterocycles. The SMILES string of the molecule is COc1ccc(Cl)cc1C[NH+](C)CC(=O)Nc1c(C)cc(C)cc1C. The summed E-state index contributed by atoms with van der Waals surface area (Å²) in [6, 6.07) is 9.70. The minimum atomic E-state index is -0.00597. The largest absolute Gasteiger partial charge is 0.496 e. The maximum Gasteiger partial charge on any atom is 0.279 e. The highest BCUT2D eigenvalue weighted by molar-refractivity contribution is 6.30. The van der Waals surface area contributed by atoms with E-state index >= 15 is 0 Å². The van der Waals surface area contributed by atoms with Crippen LogP contribution in [0.15, 0.2) is 30.3 Å². The van der Waals surface area contributed by atoms with Crippen molar-refractivity contribution >= 4 is 23.2 Å². The predicted octanol–water partition coefficient (Wildman–Crippen LogP) is 2.93. The molecule has 1 amide bonds. The van der Waals surface area contributed by atoms with E-state index in [4.69, 9.17) is 16.3 Å². The van der Waals surface area contributed by atoms with Gasteiger partial charge in [0.05, 0.1) is 14.2 Å². The van der Waals surface area contributed by atoms with Crippen molar-refractivity contribution in [3.05, 3.63) is 57.6 Å². The van der Waals surface area contributed by atoms with Gasteiger partial charge in [-0.05, 0) is 50.1 Å². The summed E-state index contributed by atoms with van der Waals surface area (Å²) in [7, 11) is 3.62. The van der Waals surface area contributed by atoms with Crippen LogP contribution >= 0.6 is 11.6 Å². The minimum Gasteiger partial charge on any atom is -0.496 e. The van der Waals surface area contributed by atoms with Crippen molar-refractivity contribution in [3.8, 4) is 5.75 Å². The molecule has 0 aliphatic carbocycles. The summed E-state index contributed by atoms with van der Waals surface area (Å²) in [5.41, 5.74) is 5.26. The molecule has 4 nitrogen and oxygen atoms in total. The molecular formula is C20H26ClN2O2+. The van der Waals surface area contributed by atoms with Gasteiger partial charge in [-0.3, -0.25) is 4.79 Å². The smallest absolute Gasteiger partial charge is 0.279 e. The number of hydrogen-bond donors (Lipinski definition) is 2. The molecule has 134 valence electrons. The first-order valence-corrected chi connectivity index (χ1v) is 8.69. The molecule has 0 bridgehead atoms. The second-order valence-electron chi connectivity index (χ2n) is 6.59. The molecule has 0 spiro atoms. The third-order valence-corrected chi connectivity index (χ3v) is 4.37. The fraction of sp³-hybridized carbons (Fsp3) is 0.350. The first-order valence-electron chi connectivity index (χ1n) is 8.31. The number of anilines is 1. The van der Waals surface area contributed by atoms with Crippen molar-refractivity contribution in [2.45, 2.75) is 27.3 Å². The molecule has 0 aliphatic rings. The Labute approximate surface area is 154 Å². The van der Waals surface area contributed by atoms with E-state index in [1.807, 2.05) is 33.0 Å². The molecule has 0 aromatic heterocycles. The Balaban J connectivity index is 2.03. The zero-order valence-corrected chi connectivity index (χ0v) is 16.3. The van der Waals surface area contributed by atoms with Crippen molar-refractivity contribution in [1.82, 2.24) is 0 Å². The maximum atomic E-state index is 12.4. The van der Waals surface area contributed by atoms with Gasteiger partial charge in [0.15, 0.2) is 6.54 Å². The van der Waals surface area contributed by atoms with Gasteiger partial charge in [-0.15, -0.1) is 0 Å². The van der Waals surface area contributed by atoms with E-state index in [0.29, 0.717) is 18.1 Å². The number of halogens is 1. The van der Waals surface area contributed by atoms with Gasteiger partial charge in [-0.2, -0.15) is 0 Å². The number of nitrogens with one attached hydrogen (secondary N) is 2. The summed E-state index contributed by atoms with van der Waals surface area (Å²) in [5, 5.41) is 3.71. The number of quaternary nitrogens is 1. The Morgan fingerprint density at radius 1 is 1.16 bits per heavy atom.